The molecule has 2 heterocycles. The molecule has 2 aromatic carbocycles. The first-order valence-corrected chi connectivity index (χ1v) is 10.0. The number of anilines is 1. The first kappa shape index (κ1) is 20.4. The molecular weight excluding hydrogens is 419 g/mol. The maximum atomic E-state index is 13.7. The summed E-state index contributed by atoms with van der Waals surface area (Å²) in [4.78, 5) is 38.3. The van der Waals surface area contributed by atoms with Crippen molar-refractivity contribution in [3.05, 3.63) is 71.0 Å². The third-order valence-electron chi connectivity index (χ3n) is 4.67. The van der Waals surface area contributed by atoms with Gasteiger partial charge in [0, 0.05) is 22.7 Å². The lowest BCUT2D eigenvalue weighted by Gasteiger charge is -2.12. The molecule has 7 nitrogen and oxygen atoms in total. The van der Waals surface area contributed by atoms with Crippen LogP contribution in [0.1, 0.15) is 5.56 Å². The number of nitrogens with zero attached hydrogens (tertiary/aromatic N) is 3. The quantitative estimate of drug-likeness (QED) is 0.613. The summed E-state index contributed by atoms with van der Waals surface area (Å²) in [6, 6.07) is 15.1. The lowest BCUT2D eigenvalue weighted by molar-refractivity contribution is -0.127. The number of hydrogen-bond acceptors (Lipinski definition) is 5. The molecule has 1 saturated heterocycles. The summed E-state index contributed by atoms with van der Waals surface area (Å²) in [5, 5.41) is 11.6. The van der Waals surface area contributed by atoms with Gasteiger partial charge in [0.05, 0.1) is 16.7 Å². The Morgan fingerprint density at radius 1 is 1.16 bits per heavy atom. The van der Waals surface area contributed by atoms with Gasteiger partial charge in [-0.15, -0.1) is 0 Å². The van der Waals surface area contributed by atoms with Crippen molar-refractivity contribution in [2.45, 2.75) is 6.54 Å². The summed E-state index contributed by atoms with van der Waals surface area (Å²) >= 11 is 0.729. The van der Waals surface area contributed by atoms with Crippen LogP contribution in [0.4, 0.5) is 14.9 Å². The number of hydrogen-bond donors (Lipinski definition) is 1. The molecule has 0 radical (unpaired) electrons. The molecule has 0 atom stereocenters. The van der Waals surface area contributed by atoms with Crippen molar-refractivity contribution in [2.75, 3.05) is 11.9 Å². The van der Waals surface area contributed by atoms with Gasteiger partial charge in [0.1, 0.15) is 18.9 Å². The van der Waals surface area contributed by atoms with Crippen molar-refractivity contribution < 1.29 is 18.8 Å². The Labute approximate surface area is 180 Å². The second kappa shape index (κ2) is 8.45. The predicted octanol–water partition coefficient (Wildman–Crippen LogP) is 3.98. The van der Waals surface area contributed by atoms with Crippen molar-refractivity contribution in [2.24, 2.45) is 0 Å². The fourth-order valence-corrected chi connectivity index (χ4v) is 4.10. The van der Waals surface area contributed by atoms with Crippen molar-refractivity contribution >= 4 is 51.5 Å². The number of imide groups is 1. The molecule has 154 valence electrons. The van der Waals surface area contributed by atoms with Gasteiger partial charge in [-0.3, -0.25) is 19.3 Å². The average Bonchev–Trinajstić information content (AvgIpc) is 3.22. The number of thioether (sulfide) groups is 1. The zero-order chi connectivity index (χ0) is 22.0. The highest BCUT2D eigenvalue weighted by Gasteiger charge is 2.36. The summed E-state index contributed by atoms with van der Waals surface area (Å²) in [5.41, 5.74) is 1.49. The number of para-hydroxylation sites is 2. The molecule has 1 aliphatic heterocycles. The summed E-state index contributed by atoms with van der Waals surface area (Å²) < 4.78 is 15.5. The van der Waals surface area contributed by atoms with Gasteiger partial charge >= 0.3 is 0 Å². The SMILES string of the molecule is N#CCn1cc(C=C2SC(=O)N(CC(=O)Nc3ccccc3F)C2=O)c2ccccc21. The van der Waals surface area contributed by atoms with E-state index in [9.17, 15) is 18.8 Å². The lowest BCUT2D eigenvalue weighted by atomic mass is 10.1. The smallest absolute Gasteiger partial charge is 0.294 e. The second-order valence-corrected chi connectivity index (χ2v) is 7.68. The molecule has 3 aromatic rings. The van der Waals surface area contributed by atoms with Gasteiger partial charge < -0.3 is 9.88 Å². The third-order valence-corrected chi connectivity index (χ3v) is 5.58. The molecule has 0 unspecified atom stereocenters. The Morgan fingerprint density at radius 3 is 2.68 bits per heavy atom. The number of carbonyl (C=O) groups excluding carboxylic acids is 3. The van der Waals surface area contributed by atoms with Crippen LogP contribution in [-0.4, -0.2) is 33.1 Å². The number of aromatic nitrogens is 1. The van der Waals surface area contributed by atoms with Gasteiger partial charge in [-0.25, -0.2) is 4.39 Å². The molecular formula is C22H15FN4O3S. The number of nitrogens with one attached hydrogen (secondary N) is 1. The fraction of sp³-hybridized carbons (Fsp3) is 0.0909. The molecule has 0 bridgehead atoms. The van der Waals surface area contributed by atoms with Crippen LogP contribution in [0.15, 0.2) is 59.6 Å². The van der Waals surface area contributed by atoms with Crippen molar-refractivity contribution in [3.8, 4) is 6.07 Å². The van der Waals surface area contributed by atoms with E-state index in [-0.39, 0.29) is 17.1 Å². The normalized spacial score (nSPS) is 15.0. The standard InChI is InChI=1S/C22H15FN4O3S/c23-16-6-2-3-7-17(16)25-20(28)13-27-21(29)19(31-22(27)30)11-14-12-26(10-9-24)18-8-4-1-5-15(14)18/h1-8,11-12H,10,13H2,(H,25,28). The van der Waals surface area contributed by atoms with Gasteiger partial charge in [-0.05, 0) is 36.0 Å². The van der Waals surface area contributed by atoms with E-state index < -0.39 is 29.4 Å². The first-order valence-electron chi connectivity index (χ1n) is 9.22. The highest BCUT2D eigenvalue weighted by molar-refractivity contribution is 8.18. The molecule has 0 spiro atoms. The molecule has 0 aliphatic carbocycles. The van der Waals surface area contributed by atoms with Crippen LogP contribution in [0, 0.1) is 17.1 Å². The van der Waals surface area contributed by atoms with E-state index in [1.54, 1.807) is 22.9 Å². The minimum Gasteiger partial charge on any atom is -0.333 e. The third kappa shape index (κ3) is 4.06. The Morgan fingerprint density at radius 2 is 1.90 bits per heavy atom. The number of benzene rings is 2. The van der Waals surface area contributed by atoms with Crippen molar-refractivity contribution in [1.82, 2.24) is 9.47 Å². The van der Waals surface area contributed by atoms with E-state index in [4.69, 9.17) is 5.26 Å². The Hall–Kier alpha value is -3.90. The zero-order valence-corrected chi connectivity index (χ0v) is 16.9. The second-order valence-electron chi connectivity index (χ2n) is 6.68. The van der Waals surface area contributed by atoms with E-state index in [2.05, 4.69) is 11.4 Å². The molecule has 9 heteroatoms. The van der Waals surface area contributed by atoms with Crippen LogP contribution in [0.3, 0.4) is 0 Å². The van der Waals surface area contributed by atoms with Crippen LogP contribution < -0.4 is 5.32 Å². The van der Waals surface area contributed by atoms with Gasteiger partial charge in [-0.2, -0.15) is 5.26 Å². The summed E-state index contributed by atoms with van der Waals surface area (Å²) in [7, 11) is 0. The summed E-state index contributed by atoms with van der Waals surface area (Å²) in [5.74, 6) is -1.89. The number of rotatable bonds is 5. The number of fused-ring (bicyclic) bond motifs is 1. The Balaban J connectivity index is 1.55. The fourth-order valence-electron chi connectivity index (χ4n) is 3.27. The summed E-state index contributed by atoms with van der Waals surface area (Å²) in [6.45, 7) is -0.376. The van der Waals surface area contributed by atoms with Gasteiger partial charge in [-0.1, -0.05) is 30.3 Å². The minimum atomic E-state index is -0.681. The van der Waals surface area contributed by atoms with E-state index in [1.807, 2.05) is 24.3 Å². The topological polar surface area (TPSA) is 95.2 Å². The number of nitriles is 1. The molecule has 0 saturated carbocycles. The van der Waals surface area contributed by atoms with Crippen LogP contribution in [0.25, 0.3) is 17.0 Å². The molecule has 3 amide bonds. The highest BCUT2D eigenvalue weighted by atomic mass is 32.2. The van der Waals surface area contributed by atoms with Crippen LogP contribution in [-0.2, 0) is 16.1 Å². The van der Waals surface area contributed by atoms with E-state index in [0.717, 1.165) is 27.6 Å². The van der Waals surface area contributed by atoms with Crippen LogP contribution in [0.2, 0.25) is 0 Å². The first-order chi connectivity index (χ1) is 15.0. The number of carbonyl (C=O) groups is 3. The van der Waals surface area contributed by atoms with E-state index in [1.165, 1.54) is 18.2 Å². The van der Waals surface area contributed by atoms with E-state index in [0.29, 0.717) is 5.56 Å². The van der Waals surface area contributed by atoms with Gasteiger partial charge in [0.2, 0.25) is 5.91 Å². The maximum Gasteiger partial charge on any atom is 0.294 e. The van der Waals surface area contributed by atoms with Crippen molar-refractivity contribution in [3.63, 3.8) is 0 Å². The minimum absolute atomic E-state index is 0.0275. The molecule has 1 aliphatic rings. The molecule has 1 N–H and O–H groups in total. The van der Waals surface area contributed by atoms with Crippen LogP contribution in [0.5, 0.6) is 0 Å². The van der Waals surface area contributed by atoms with Crippen molar-refractivity contribution in [1.29, 1.82) is 5.26 Å². The lowest BCUT2D eigenvalue weighted by Crippen LogP contribution is -2.36. The highest BCUT2D eigenvalue weighted by Crippen LogP contribution is 2.34. The molecule has 1 aromatic heterocycles. The average molecular weight is 434 g/mol. The Kier molecular flexibility index (Phi) is 5.56. The molecule has 31 heavy (non-hydrogen) atoms. The molecule has 4 rings (SSSR count). The molecule has 1 fully saturated rings. The Bertz CT molecular complexity index is 1290. The number of halogens is 1. The zero-order valence-electron chi connectivity index (χ0n) is 16.0. The maximum absolute atomic E-state index is 13.7. The predicted molar refractivity (Wildman–Crippen MR) is 115 cm³/mol. The van der Waals surface area contributed by atoms with E-state index >= 15 is 0 Å². The summed E-state index contributed by atoms with van der Waals surface area (Å²) in [6.07, 6.45) is 3.32. The largest absolute Gasteiger partial charge is 0.333 e. The van der Waals surface area contributed by atoms with Crippen LogP contribution >= 0.6 is 11.8 Å². The van der Waals surface area contributed by atoms with Gasteiger partial charge in [0.25, 0.3) is 11.1 Å². The monoisotopic (exact) mass is 434 g/mol. The number of amides is 3. The van der Waals surface area contributed by atoms with Gasteiger partial charge in [0.15, 0.2) is 0 Å².